The van der Waals surface area contributed by atoms with Gasteiger partial charge in [-0.25, -0.2) is 0 Å². The molecule has 0 bridgehead atoms. The molecule has 1 fully saturated rings. The highest BCUT2D eigenvalue weighted by Crippen LogP contribution is 2.48. The van der Waals surface area contributed by atoms with Crippen molar-refractivity contribution in [3.05, 3.63) is 90.0 Å². The molecule has 0 spiro atoms. The number of hydrogen-bond acceptors (Lipinski definition) is 4. The van der Waals surface area contributed by atoms with Crippen LogP contribution in [-0.2, 0) is 16.1 Å². The number of benzene rings is 3. The molecule has 0 heterocycles. The average Bonchev–Trinajstić information content (AvgIpc) is 3.55. The van der Waals surface area contributed by atoms with Gasteiger partial charge in [0, 0.05) is 22.0 Å². The fraction of sp³-hybridized carbons (Fsp3) is 0.240. The lowest BCUT2D eigenvalue weighted by atomic mass is 10.1. The Morgan fingerprint density at radius 1 is 1.00 bits per heavy atom. The molecule has 0 aliphatic heterocycles. The van der Waals surface area contributed by atoms with Crippen LogP contribution >= 0.6 is 11.8 Å². The van der Waals surface area contributed by atoms with Crippen LogP contribution in [0.5, 0.6) is 0 Å². The number of esters is 1. The summed E-state index contributed by atoms with van der Waals surface area (Å²) in [6.07, 6.45) is 0.900. The third-order valence-corrected chi connectivity index (χ3v) is 6.09. The molecule has 3 aromatic carbocycles. The summed E-state index contributed by atoms with van der Waals surface area (Å²) in [6, 6.07) is 27.5. The third kappa shape index (κ3) is 5.21. The molecule has 0 amide bonds. The molecule has 1 aliphatic carbocycles. The van der Waals surface area contributed by atoms with Gasteiger partial charge in [0.25, 0.3) is 0 Å². The van der Waals surface area contributed by atoms with Crippen molar-refractivity contribution in [3.63, 3.8) is 0 Å². The van der Waals surface area contributed by atoms with E-state index in [2.05, 4.69) is 78.1 Å². The second-order valence-corrected chi connectivity index (χ2v) is 8.39. The van der Waals surface area contributed by atoms with Gasteiger partial charge in [-0.2, -0.15) is 0 Å². The quantitative estimate of drug-likeness (QED) is 0.460. The number of hydrogen-bond donors (Lipinski definition) is 1. The molecule has 29 heavy (non-hydrogen) atoms. The minimum atomic E-state index is -0.0621. The van der Waals surface area contributed by atoms with Crippen molar-refractivity contribution in [2.24, 2.45) is 5.92 Å². The minimum Gasteiger partial charge on any atom is -0.466 e. The molecule has 1 N–H and O–H groups in total. The lowest BCUT2D eigenvalue weighted by Crippen LogP contribution is -2.07. The zero-order valence-electron chi connectivity index (χ0n) is 16.5. The first-order valence-corrected chi connectivity index (χ1v) is 10.9. The maximum Gasteiger partial charge on any atom is 0.309 e. The number of ether oxygens (including phenoxy) is 1. The van der Waals surface area contributed by atoms with E-state index in [0.29, 0.717) is 12.5 Å². The van der Waals surface area contributed by atoms with Gasteiger partial charge in [0.05, 0.1) is 12.5 Å². The summed E-state index contributed by atoms with van der Waals surface area (Å²) >= 11 is 1.78. The van der Waals surface area contributed by atoms with Crippen LogP contribution in [0.15, 0.2) is 88.7 Å². The van der Waals surface area contributed by atoms with Crippen molar-refractivity contribution in [2.75, 3.05) is 11.9 Å². The summed E-state index contributed by atoms with van der Waals surface area (Å²) in [5.41, 5.74) is 3.55. The number of carbonyl (C=O) groups is 1. The molecule has 0 radical (unpaired) electrons. The Hall–Kier alpha value is -2.72. The molecule has 1 saturated carbocycles. The van der Waals surface area contributed by atoms with Crippen LogP contribution in [0.3, 0.4) is 0 Å². The fourth-order valence-electron chi connectivity index (χ4n) is 3.47. The second-order valence-electron chi connectivity index (χ2n) is 7.24. The summed E-state index contributed by atoms with van der Waals surface area (Å²) < 4.78 is 5.12. The van der Waals surface area contributed by atoms with Gasteiger partial charge in [-0.3, -0.25) is 4.79 Å². The van der Waals surface area contributed by atoms with E-state index < -0.39 is 0 Å². The van der Waals surface area contributed by atoms with Gasteiger partial charge in [-0.1, -0.05) is 54.2 Å². The topological polar surface area (TPSA) is 38.3 Å². The van der Waals surface area contributed by atoms with Gasteiger partial charge in [0.1, 0.15) is 0 Å². The van der Waals surface area contributed by atoms with E-state index in [0.717, 1.165) is 18.7 Å². The Labute approximate surface area is 176 Å². The summed E-state index contributed by atoms with van der Waals surface area (Å²) in [5.74, 6) is 0.293. The standard InChI is InChI=1S/C25H25NO2S/c1-2-28-25(27)24-16-23(24)19-11-13-20(14-12-19)26-17-18-7-6-10-22(15-18)29-21-8-4-3-5-9-21/h3-15,23-24,26H,2,16-17H2,1H3. The number of rotatable bonds is 8. The Kier molecular flexibility index (Phi) is 6.20. The van der Waals surface area contributed by atoms with E-state index >= 15 is 0 Å². The largest absolute Gasteiger partial charge is 0.466 e. The molecule has 0 saturated heterocycles. The molecule has 0 aromatic heterocycles. The molecule has 1 aliphatic rings. The molecule has 3 nitrogen and oxygen atoms in total. The highest BCUT2D eigenvalue weighted by atomic mass is 32.2. The first-order valence-electron chi connectivity index (χ1n) is 10.0. The Bertz CT molecular complexity index is 956. The van der Waals surface area contributed by atoms with Gasteiger partial charge in [-0.05, 0) is 66.8 Å². The van der Waals surface area contributed by atoms with E-state index in [4.69, 9.17) is 4.74 Å². The van der Waals surface area contributed by atoms with Crippen molar-refractivity contribution in [1.29, 1.82) is 0 Å². The summed E-state index contributed by atoms with van der Waals surface area (Å²) in [5, 5.41) is 3.49. The van der Waals surface area contributed by atoms with Crippen molar-refractivity contribution < 1.29 is 9.53 Å². The van der Waals surface area contributed by atoms with Gasteiger partial charge >= 0.3 is 5.97 Å². The fourth-order valence-corrected chi connectivity index (χ4v) is 4.39. The van der Waals surface area contributed by atoms with Crippen molar-refractivity contribution in [3.8, 4) is 0 Å². The minimum absolute atomic E-state index is 0.0404. The van der Waals surface area contributed by atoms with Crippen LogP contribution < -0.4 is 5.32 Å². The molecule has 4 heteroatoms. The van der Waals surface area contributed by atoms with Crippen LogP contribution in [0.1, 0.15) is 30.4 Å². The second kappa shape index (κ2) is 9.19. The smallest absolute Gasteiger partial charge is 0.309 e. The lowest BCUT2D eigenvalue weighted by Gasteiger charge is -2.09. The van der Waals surface area contributed by atoms with Gasteiger partial charge in [0.2, 0.25) is 0 Å². The maximum absolute atomic E-state index is 11.8. The molecule has 148 valence electrons. The molecule has 2 unspecified atom stereocenters. The molecule has 2 atom stereocenters. The van der Waals surface area contributed by atoms with Crippen LogP contribution in [-0.4, -0.2) is 12.6 Å². The first kappa shape index (κ1) is 19.6. The summed E-state index contributed by atoms with van der Waals surface area (Å²) in [7, 11) is 0. The normalized spacial score (nSPS) is 17.6. The predicted octanol–water partition coefficient (Wildman–Crippen LogP) is 6.12. The maximum atomic E-state index is 11.8. The molecule has 3 aromatic rings. The summed E-state index contributed by atoms with van der Waals surface area (Å²) in [6.45, 7) is 3.08. The monoisotopic (exact) mass is 403 g/mol. The number of nitrogens with one attached hydrogen (secondary N) is 1. The van der Waals surface area contributed by atoms with E-state index in [-0.39, 0.29) is 11.9 Å². The van der Waals surface area contributed by atoms with Gasteiger partial charge in [0.15, 0.2) is 0 Å². The van der Waals surface area contributed by atoms with Crippen LogP contribution in [0.2, 0.25) is 0 Å². The van der Waals surface area contributed by atoms with E-state index in [9.17, 15) is 4.79 Å². The zero-order chi connectivity index (χ0) is 20.1. The first-order chi connectivity index (χ1) is 14.2. The lowest BCUT2D eigenvalue weighted by molar-refractivity contribution is -0.144. The Morgan fingerprint density at radius 3 is 2.52 bits per heavy atom. The Balaban J connectivity index is 1.32. The van der Waals surface area contributed by atoms with Gasteiger partial charge < -0.3 is 10.1 Å². The zero-order valence-corrected chi connectivity index (χ0v) is 17.3. The van der Waals surface area contributed by atoms with Crippen LogP contribution in [0.25, 0.3) is 0 Å². The molecular weight excluding hydrogens is 378 g/mol. The Morgan fingerprint density at radius 2 is 1.76 bits per heavy atom. The average molecular weight is 404 g/mol. The third-order valence-electron chi connectivity index (χ3n) is 5.09. The number of anilines is 1. The van der Waals surface area contributed by atoms with Crippen molar-refractivity contribution in [2.45, 2.75) is 35.6 Å². The highest BCUT2D eigenvalue weighted by molar-refractivity contribution is 7.99. The van der Waals surface area contributed by atoms with Gasteiger partial charge in [-0.15, -0.1) is 0 Å². The number of carbonyl (C=O) groups excluding carboxylic acids is 1. The predicted molar refractivity (Wildman–Crippen MR) is 118 cm³/mol. The van der Waals surface area contributed by atoms with Crippen LogP contribution in [0.4, 0.5) is 5.69 Å². The van der Waals surface area contributed by atoms with E-state index in [1.165, 1.54) is 20.9 Å². The molecular formula is C25H25NO2S. The van der Waals surface area contributed by atoms with Crippen molar-refractivity contribution >= 4 is 23.4 Å². The van der Waals surface area contributed by atoms with E-state index in [1.807, 2.05) is 13.0 Å². The summed E-state index contributed by atoms with van der Waals surface area (Å²) in [4.78, 5) is 14.3. The highest BCUT2D eigenvalue weighted by Gasteiger charge is 2.44. The van der Waals surface area contributed by atoms with Crippen molar-refractivity contribution in [1.82, 2.24) is 0 Å². The SMILES string of the molecule is CCOC(=O)C1CC1c1ccc(NCc2cccc(Sc3ccccc3)c2)cc1. The molecule has 4 rings (SSSR count). The van der Waals surface area contributed by atoms with Crippen LogP contribution in [0, 0.1) is 5.92 Å². The van der Waals surface area contributed by atoms with E-state index in [1.54, 1.807) is 11.8 Å².